The molecule has 17 heavy (non-hydrogen) atoms. The third-order valence-electron chi connectivity index (χ3n) is 4.20. The minimum absolute atomic E-state index is 0.0530. The molecular weight excluding hydrogens is 290 g/mol. The van der Waals surface area contributed by atoms with E-state index in [1.54, 1.807) is 0 Å². The van der Waals surface area contributed by atoms with E-state index in [0.717, 1.165) is 13.1 Å². The van der Waals surface area contributed by atoms with Crippen molar-refractivity contribution < 1.29 is 24.3 Å². The van der Waals surface area contributed by atoms with Crippen LogP contribution in [0.5, 0.6) is 0 Å². The molecule has 1 rings (SSSR count). The number of likely N-dealkylation sites (tertiary alicyclic amines) is 1. The van der Waals surface area contributed by atoms with E-state index in [2.05, 4.69) is 15.9 Å². The number of aliphatic carboxylic acids is 2. The van der Waals surface area contributed by atoms with Crippen molar-refractivity contribution in [1.29, 1.82) is 0 Å². The first kappa shape index (κ1) is 14.4. The van der Waals surface area contributed by atoms with Crippen LogP contribution in [0.2, 0.25) is 0 Å². The highest BCUT2D eigenvalue weighted by Gasteiger charge is 2.62. The molecule has 1 unspecified atom stereocenters. The zero-order valence-corrected chi connectivity index (χ0v) is 11.7. The Hall–Kier alpha value is -0.620. The Bertz CT molecular complexity index is 313. The number of hydrogen-bond donors (Lipinski definition) is 2. The molecule has 0 radical (unpaired) electrons. The molecule has 1 fully saturated rings. The van der Waals surface area contributed by atoms with Gasteiger partial charge >= 0.3 is 11.9 Å². The van der Waals surface area contributed by atoms with E-state index < -0.39 is 17.4 Å². The summed E-state index contributed by atoms with van der Waals surface area (Å²) >= 11 is 3.38. The summed E-state index contributed by atoms with van der Waals surface area (Å²) in [4.78, 5) is 22.7. The van der Waals surface area contributed by atoms with Crippen LogP contribution >= 0.6 is 15.9 Å². The van der Waals surface area contributed by atoms with Gasteiger partial charge in [0.2, 0.25) is 5.41 Å². The number of rotatable bonds is 5. The second-order valence-corrected chi connectivity index (χ2v) is 5.36. The maximum absolute atomic E-state index is 11.3. The third kappa shape index (κ3) is 2.08. The van der Waals surface area contributed by atoms with E-state index in [-0.39, 0.29) is 19.0 Å². The van der Waals surface area contributed by atoms with Gasteiger partial charge in [-0.3, -0.25) is 9.59 Å². The summed E-state index contributed by atoms with van der Waals surface area (Å²) in [7, 11) is 0. The van der Waals surface area contributed by atoms with Crippen LogP contribution in [0.15, 0.2) is 0 Å². The molecule has 0 aliphatic carbocycles. The van der Waals surface area contributed by atoms with E-state index in [4.69, 9.17) is 0 Å². The Morgan fingerprint density at radius 1 is 1.29 bits per heavy atom. The number of carboxylic acid groups (broad SMARTS) is 2. The second-order valence-electron chi connectivity index (χ2n) is 4.71. The summed E-state index contributed by atoms with van der Waals surface area (Å²) in [5.74, 6) is -2.42. The van der Waals surface area contributed by atoms with Gasteiger partial charge in [0.1, 0.15) is 12.6 Å². The average Bonchev–Trinajstić information content (AvgIpc) is 2.65. The number of halogens is 1. The molecule has 1 aliphatic rings. The lowest BCUT2D eigenvalue weighted by molar-refractivity contribution is -0.935. The van der Waals surface area contributed by atoms with Gasteiger partial charge in [-0.05, 0) is 13.8 Å². The largest absolute Gasteiger partial charge is 0.480 e. The first-order chi connectivity index (χ1) is 7.88. The van der Waals surface area contributed by atoms with E-state index in [1.807, 2.05) is 13.8 Å². The molecule has 1 heterocycles. The first-order valence-electron chi connectivity index (χ1n) is 5.77. The van der Waals surface area contributed by atoms with Crippen molar-refractivity contribution >= 4 is 27.9 Å². The Morgan fingerprint density at radius 2 is 1.76 bits per heavy atom. The van der Waals surface area contributed by atoms with Crippen LogP contribution in [-0.2, 0) is 9.59 Å². The third-order valence-corrected chi connectivity index (χ3v) is 4.95. The van der Waals surface area contributed by atoms with Crippen molar-refractivity contribution in [3.05, 3.63) is 0 Å². The standard InChI is InChI=1S/C11H18BrNO4/c1-3-13(4-2)7-11(9(14)15,10(16)17)5-8(13)6-12/h8H,3-7H2,1-2H3,(H-,14,15,16,17)/p+1. The van der Waals surface area contributed by atoms with Crippen LogP contribution in [-0.4, -0.2) is 57.6 Å². The fourth-order valence-electron chi connectivity index (χ4n) is 2.89. The Labute approximate surface area is 109 Å². The zero-order chi connectivity index (χ0) is 13.3. The summed E-state index contributed by atoms with van der Waals surface area (Å²) in [5, 5.41) is 19.2. The molecule has 0 spiro atoms. The molecule has 0 aromatic rings. The van der Waals surface area contributed by atoms with Gasteiger partial charge in [-0.1, -0.05) is 15.9 Å². The minimum atomic E-state index is -1.62. The normalized spacial score (nSPS) is 25.7. The molecule has 0 aromatic carbocycles. The van der Waals surface area contributed by atoms with Crippen molar-refractivity contribution in [3.63, 3.8) is 0 Å². The smallest absolute Gasteiger partial charge is 0.327 e. The van der Waals surface area contributed by atoms with Gasteiger partial charge < -0.3 is 14.7 Å². The van der Waals surface area contributed by atoms with Crippen LogP contribution in [0.1, 0.15) is 20.3 Å². The monoisotopic (exact) mass is 308 g/mol. The highest BCUT2D eigenvalue weighted by molar-refractivity contribution is 9.09. The average molecular weight is 309 g/mol. The SMILES string of the molecule is CC[N+]1(CC)CC(C(=O)O)(C(=O)O)CC1CBr. The molecule has 1 atom stereocenters. The molecule has 1 saturated heterocycles. The summed E-state index contributed by atoms with van der Waals surface area (Å²) in [6.07, 6.45) is 0.199. The number of quaternary nitrogens is 1. The molecule has 0 aromatic heterocycles. The van der Waals surface area contributed by atoms with Crippen LogP contribution < -0.4 is 0 Å². The van der Waals surface area contributed by atoms with Crippen LogP contribution in [0.25, 0.3) is 0 Å². The molecular formula is C11H19BrNO4+. The summed E-state index contributed by atoms with van der Waals surface area (Å²) < 4.78 is 0.559. The van der Waals surface area contributed by atoms with Gasteiger partial charge in [-0.25, -0.2) is 0 Å². The first-order valence-corrected chi connectivity index (χ1v) is 6.89. The zero-order valence-electron chi connectivity index (χ0n) is 10.1. The number of nitrogens with zero attached hydrogens (tertiary/aromatic N) is 1. The number of carbonyl (C=O) groups is 2. The van der Waals surface area contributed by atoms with Crippen molar-refractivity contribution in [1.82, 2.24) is 0 Å². The van der Waals surface area contributed by atoms with Crippen molar-refractivity contribution in [2.24, 2.45) is 5.41 Å². The lowest BCUT2D eigenvalue weighted by Gasteiger charge is -2.38. The van der Waals surface area contributed by atoms with E-state index in [9.17, 15) is 19.8 Å². The van der Waals surface area contributed by atoms with Crippen molar-refractivity contribution in [2.45, 2.75) is 26.3 Å². The predicted octanol–water partition coefficient (Wildman–Crippen LogP) is 1.17. The number of carboxylic acids is 2. The van der Waals surface area contributed by atoms with Crippen molar-refractivity contribution in [3.8, 4) is 0 Å². The van der Waals surface area contributed by atoms with Gasteiger partial charge in [0.25, 0.3) is 0 Å². The summed E-state index contributed by atoms with van der Waals surface area (Å²) in [6.45, 7) is 5.67. The molecule has 1 aliphatic heterocycles. The van der Waals surface area contributed by atoms with Gasteiger partial charge in [0.05, 0.1) is 18.4 Å². The molecule has 0 bridgehead atoms. The summed E-state index contributed by atoms with van der Waals surface area (Å²) in [6, 6.07) is 0.0530. The molecule has 0 saturated carbocycles. The maximum atomic E-state index is 11.3. The van der Waals surface area contributed by atoms with Gasteiger partial charge in [-0.15, -0.1) is 0 Å². The summed E-state index contributed by atoms with van der Waals surface area (Å²) in [5.41, 5.74) is -1.62. The molecule has 5 nitrogen and oxygen atoms in total. The van der Waals surface area contributed by atoms with Crippen LogP contribution in [0.4, 0.5) is 0 Å². The van der Waals surface area contributed by atoms with Gasteiger partial charge in [-0.2, -0.15) is 0 Å². The topological polar surface area (TPSA) is 74.6 Å². The highest BCUT2D eigenvalue weighted by atomic mass is 79.9. The van der Waals surface area contributed by atoms with E-state index in [0.29, 0.717) is 9.81 Å². The molecule has 98 valence electrons. The van der Waals surface area contributed by atoms with Crippen molar-refractivity contribution in [2.75, 3.05) is 25.0 Å². The maximum Gasteiger partial charge on any atom is 0.327 e. The minimum Gasteiger partial charge on any atom is -0.480 e. The Morgan fingerprint density at radius 3 is 2.00 bits per heavy atom. The predicted molar refractivity (Wildman–Crippen MR) is 66.1 cm³/mol. The van der Waals surface area contributed by atoms with Gasteiger partial charge in [0, 0.05) is 6.42 Å². The van der Waals surface area contributed by atoms with E-state index >= 15 is 0 Å². The molecule has 6 heteroatoms. The quantitative estimate of drug-likeness (QED) is 0.454. The second kappa shape index (κ2) is 4.94. The molecule has 0 amide bonds. The van der Waals surface area contributed by atoms with Crippen LogP contribution in [0.3, 0.4) is 0 Å². The lowest BCUT2D eigenvalue weighted by atomic mass is 9.86. The Kier molecular flexibility index (Phi) is 4.19. The Balaban J connectivity index is 3.18. The van der Waals surface area contributed by atoms with Crippen LogP contribution in [0, 0.1) is 5.41 Å². The fourth-order valence-corrected chi connectivity index (χ4v) is 3.74. The fraction of sp³-hybridized carbons (Fsp3) is 0.818. The number of hydrogen-bond acceptors (Lipinski definition) is 2. The highest BCUT2D eigenvalue weighted by Crippen LogP contribution is 2.41. The van der Waals surface area contributed by atoms with E-state index in [1.165, 1.54) is 0 Å². The van der Waals surface area contributed by atoms with Gasteiger partial charge in [0.15, 0.2) is 0 Å². The lowest BCUT2D eigenvalue weighted by Crippen LogP contribution is -2.54. The number of alkyl halides is 1. The molecule has 2 N–H and O–H groups in total.